The molecule has 2 aromatic carbocycles. The maximum Gasteiger partial charge on any atom is 0.241 e. The Morgan fingerprint density at radius 2 is 1.73 bits per heavy atom. The van der Waals surface area contributed by atoms with E-state index in [4.69, 9.17) is 4.74 Å². The van der Waals surface area contributed by atoms with Crippen LogP contribution in [-0.4, -0.2) is 50.2 Å². The predicted molar refractivity (Wildman–Crippen MR) is 127 cm³/mol. The maximum atomic E-state index is 14.3. The van der Waals surface area contributed by atoms with Crippen LogP contribution in [0.2, 0.25) is 0 Å². The number of likely N-dealkylation sites (tertiary alicyclic amines) is 1. The maximum absolute atomic E-state index is 14.3. The van der Waals surface area contributed by atoms with Crippen LogP contribution in [0.3, 0.4) is 0 Å². The quantitative estimate of drug-likeness (QED) is 0.526. The van der Waals surface area contributed by atoms with Gasteiger partial charge in [-0.25, -0.2) is 8.78 Å². The summed E-state index contributed by atoms with van der Waals surface area (Å²) in [4.78, 5) is 17.4. The van der Waals surface area contributed by atoms with E-state index in [2.05, 4.69) is 4.90 Å². The van der Waals surface area contributed by atoms with Gasteiger partial charge in [0.1, 0.15) is 11.6 Å². The zero-order chi connectivity index (χ0) is 23.2. The second-order valence-electron chi connectivity index (χ2n) is 9.20. The molecule has 2 aliphatic heterocycles. The van der Waals surface area contributed by atoms with Gasteiger partial charge in [-0.2, -0.15) is 0 Å². The van der Waals surface area contributed by atoms with E-state index in [0.29, 0.717) is 24.7 Å². The van der Waals surface area contributed by atoms with Gasteiger partial charge in [0.15, 0.2) is 0 Å². The van der Waals surface area contributed by atoms with Gasteiger partial charge in [-0.1, -0.05) is 18.2 Å². The van der Waals surface area contributed by atoms with Crippen molar-refractivity contribution in [2.45, 2.75) is 44.9 Å². The average molecular weight is 457 g/mol. The van der Waals surface area contributed by atoms with E-state index < -0.39 is 0 Å². The third-order valence-electron chi connectivity index (χ3n) is 7.05. The van der Waals surface area contributed by atoms with Crippen molar-refractivity contribution < 1.29 is 18.3 Å². The molecule has 0 radical (unpaired) electrons. The lowest BCUT2D eigenvalue weighted by atomic mass is 9.87. The van der Waals surface area contributed by atoms with Gasteiger partial charge in [-0.05, 0) is 93.4 Å². The van der Waals surface area contributed by atoms with Gasteiger partial charge in [0.2, 0.25) is 5.91 Å². The van der Waals surface area contributed by atoms with Crippen molar-refractivity contribution in [1.29, 1.82) is 0 Å². The van der Waals surface area contributed by atoms with Crippen molar-refractivity contribution in [3.05, 3.63) is 65.2 Å². The fourth-order valence-electron chi connectivity index (χ4n) is 5.18. The highest BCUT2D eigenvalue weighted by molar-refractivity contribution is 5.96. The molecule has 0 aliphatic carbocycles. The number of hydrogen-bond donors (Lipinski definition) is 0. The molecule has 178 valence electrons. The Hall–Kier alpha value is -2.31. The molecule has 2 aromatic rings. The van der Waals surface area contributed by atoms with Crippen molar-refractivity contribution >= 4 is 11.6 Å². The van der Waals surface area contributed by atoms with Gasteiger partial charge >= 0.3 is 0 Å². The van der Waals surface area contributed by atoms with Gasteiger partial charge in [0.05, 0.1) is 12.2 Å². The predicted octanol–water partition coefficient (Wildman–Crippen LogP) is 5.36. The SMILES string of the molecule is CCOCCC1CCN(CC(=O)N2CCCC(c3ccc(F)cc3)c3ccc(F)cc32)CC1. The fraction of sp³-hybridized carbons (Fsp3) is 0.519. The number of benzene rings is 2. The molecule has 33 heavy (non-hydrogen) atoms. The van der Waals surface area contributed by atoms with Crippen LogP contribution in [-0.2, 0) is 9.53 Å². The number of hydrogen-bond acceptors (Lipinski definition) is 3. The molecule has 6 heteroatoms. The first-order valence-corrected chi connectivity index (χ1v) is 12.2. The number of carbonyl (C=O) groups excluding carboxylic acids is 1. The Labute approximate surface area is 195 Å². The Morgan fingerprint density at radius 3 is 2.45 bits per heavy atom. The first kappa shape index (κ1) is 23.8. The first-order valence-electron chi connectivity index (χ1n) is 12.2. The summed E-state index contributed by atoms with van der Waals surface area (Å²) >= 11 is 0. The Bertz CT molecular complexity index is 926. The molecular formula is C27H34F2N2O2. The number of halogens is 2. The molecule has 2 heterocycles. The molecule has 1 atom stereocenters. The summed E-state index contributed by atoms with van der Waals surface area (Å²) in [5, 5.41) is 0. The van der Waals surface area contributed by atoms with Crippen LogP contribution >= 0.6 is 0 Å². The largest absolute Gasteiger partial charge is 0.382 e. The number of rotatable bonds is 7. The van der Waals surface area contributed by atoms with Crippen LogP contribution in [0.4, 0.5) is 14.5 Å². The van der Waals surface area contributed by atoms with Gasteiger partial charge in [-0.3, -0.25) is 9.69 Å². The number of carbonyl (C=O) groups is 1. The van der Waals surface area contributed by atoms with Crippen molar-refractivity contribution in [3.63, 3.8) is 0 Å². The molecule has 1 unspecified atom stereocenters. The summed E-state index contributed by atoms with van der Waals surface area (Å²) in [7, 11) is 0. The number of fused-ring (bicyclic) bond motifs is 1. The third-order valence-corrected chi connectivity index (χ3v) is 7.05. The van der Waals surface area contributed by atoms with E-state index in [0.717, 1.165) is 69.5 Å². The summed E-state index contributed by atoms with van der Waals surface area (Å²) in [6.45, 7) is 6.32. The lowest BCUT2D eigenvalue weighted by molar-refractivity contribution is -0.120. The van der Waals surface area contributed by atoms with E-state index in [1.165, 1.54) is 24.3 Å². The Balaban J connectivity index is 1.46. The zero-order valence-corrected chi connectivity index (χ0v) is 19.4. The molecule has 0 saturated carbocycles. The lowest BCUT2D eigenvalue weighted by Crippen LogP contribution is -2.44. The van der Waals surface area contributed by atoms with E-state index in [-0.39, 0.29) is 23.5 Å². The second-order valence-corrected chi connectivity index (χ2v) is 9.20. The first-order chi connectivity index (χ1) is 16.0. The van der Waals surface area contributed by atoms with Crippen molar-refractivity contribution in [2.75, 3.05) is 44.3 Å². The molecule has 4 rings (SSSR count). The number of piperidine rings is 1. The number of amides is 1. The summed E-state index contributed by atoms with van der Waals surface area (Å²) in [6.07, 6.45) is 4.89. The summed E-state index contributed by atoms with van der Waals surface area (Å²) in [5.74, 6) is 0.0772. The smallest absolute Gasteiger partial charge is 0.241 e. The molecule has 1 fully saturated rings. The highest BCUT2D eigenvalue weighted by Crippen LogP contribution is 2.39. The van der Waals surface area contributed by atoms with E-state index in [1.807, 2.05) is 6.92 Å². The molecule has 1 saturated heterocycles. The number of nitrogens with zero attached hydrogens (tertiary/aromatic N) is 2. The standard InChI is InChI=1S/C27H34F2N2O2/c1-2-33-17-13-20-11-15-30(16-12-20)19-27(32)31-14-3-4-24(21-5-7-22(28)8-6-21)25-10-9-23(29)18-26(25)31/h5-10,18,20,24H,2-4,11-17,19H2,1H3. The number of anilines is 1. The molecule has 0 spiro atoms. The summed E-state index contributed by atoms with van der Waals surface area (Å²) in [5.41, 5.74) is 2.58. The van der Waals surface area contributed by atoms with Crippen LogP contribution < -0.4 is 4.90 Å². The van der Waals surface area contributed by atoms with Gasteiger partial charge in [-0.15, -0.1) is 0 Å². The van der Waals surface area contributed by atoms with Crippen LogP contribution in [0.1, 0.15) is 56.1 Å². The lowest BCUT2D eigenvalue weighted by Gasteiger charge is -2.33. The van der Waals surface area contributed by atoms with Gasteiger partial charge in [0.25, 0.3) is 0 Å². The molecule has 1 amide bonds. The minimum atomic E-state index is -0.346. The highest BCUT2D eigenvalue weighted by Gasteiger charge is 2.29. The minimum Gasteiger partial charge on any atom is -0.382 e. The third kappa shape index (κ3) is 5.98. The van der Waals surface area contributed by atoms with Crippen molar-refractivity contribution in [1.82, 2.24) is 4.90 Å². The summed E-state index contributed by atoms with van der Waals surface area (Å²) in [6, 6.07) is 11.2. The van der Waals surface area contributed by atoms with Crippen LogP contribution in [0, 0.1) is 17.6 Å². The zero-order valence-electron chi connectivity index (χ0n) is 19.4. The van der Waals surface area contributed by atoms with Crippen LogP contribution in [0.15, 0.2) is 42.5 Å². The van der Waals surface area contributed by atoms with E-state index >= 15 is 0 Å². The highest BCUT2D eigenvalue weighted by atomic mass is 19.1. The Kier molecular flexibility index (Phi) is 8.10. The molecule has 0 bridgehead atoms. The molecule has 0 N–H and O–H groups in total. The van der Waals surface area contributed by atoms with Crippen molar-refractivity contribution in [2.24, 2.45) is 5.92 Å². The average Bonchev–Trinajstić information content (AvgIpc) is 3.00. The van der Waals surface area contributed by atoms with Gasteiger partial charge < -0.3 is 9.64 Å². The molecular weight excluding hydrogens is 422 g/mol. The second kappa shape index (κ2) is 11.2. The van der Waals surface area contributed by atoms with E-state index in [9.17, 15) is 13.6 Å². The minimum absolute atomic E-state index is 0.0140. The van der Waals surface area contributed by atoms with Crippen LogP contribution in [0.25, 0.3) is 0 Å². The Morgan fingerprint density at radius 1 is 1.00 bits per heavy atom. The normalized spacial score (nSPS) is 19.8. The molecule has 0 aromatic heterocycles. The van der Waals surface area contributed by atoms with Gasteiger partial charge in [0, 0.05) is 25.7 Å². The molecule has 2 aliphatic rings. The van der Waals surface area contributed by atoms with Crippen molar-refractivity contribution in [3.8, 4) is 0 Å². The molecule has 4 nitrogen and oxygen atoms in total. The number of ether oxygens (including phenoxy) is 1. The van der Waals surface area contributed by atoms with E-state index in [1.54, 1.807) is 23.1 Å². The summed E-state index contributed by atoms with van der Waals surface area (Å²) < 4.78 is 33.2. The topological polar surface area (TPSA) is 32.8 Å². The van der Waals surface area contributed by atoms with Crippen LogP contribution in [0.5, 0.6) is 0 Å². The monoisotopic (exact) mass is 456 g/mol. The fourth-order valence-corrected chi connectivity index (χ4v) is 5.18.